The first-order valence-corrected chi connectivity index (χ1v) is 10.8. The number of aryl methyl sites for hydroxylation is 1. The van der Waals surface area contributed by atoms with Crippen molar-refractivity contribution in [2.75, 3.05) is 0 Å². The fourth-order valence-corrected chi connectivity index (χ4v) is 3.47. The first-order chi connectivity index (χ1) is 15.0. The molecule has 4 aromatic rings. The predicted molar refractivity (Wildman–Crippen MR) is 127 cm³/mol. The topological polar surface area (TPSA) is 44.9 Å². The molecule has 0 saturated heterocycles. The van der Waals surface area contributed by atoms with Crippen molar-refractivity contribution < 1.29 is 25.8 Å². The van der Waals surface area contributed by atoms with Crippen LogP contribution in [0, 0.1) is 12.1 Å². The fourth-order valence-electron chi connectivity index (χ4n) is 3.47. The van der Waals surface area contributed by atoms with Gasteiger partial charge in [-0.15, -0.1) is 42.0 Å². The molecule has 5 nitrogen and oxygen atoms in total. The van der Waals surface area contributed by atoms with Gasteiger partial charge in [0.2, 0.25) is 0 Å². The molecule has 4 rings (SSSR count). The monoisotopic (exact) mass is 621 g/mol. The molecule has 0 amide bonds. The van der Waals surface area contributed by atoms with Gasteiger partial charge in [0.25, 0.3) is 0 Å². The molecular weight excluding hydrogens is 591 g/mol. The number of rotatable bonds is 4. The van der Waals surface area contributed by atoms with Gasteiger partial charge in [-0.05, 0) is 11.8 Å². The second-order valence-corrected chi connectivity index (χ2v) is 10.1. The molecule has 0 bridgehead atoms. The average Bonchev–Trinajstić information content (AvgIpc) is 3.35. The molecule has 33 heavy (non-hydrogen) atoms. The van der Waals surface area contributed by atoms with Crippen molar-refractivity contribution in [3.63, 3.8) is 0 Å². The van der Waals surface area contributed by atoms with E-state index in [1.807, 2.05) is 58.9 Å². The smallest absolute Gasteiger partial charge is 0.503 e. The molecule has 0 unspecified atom stereocenters. The molecule has 0 aliphatic carbocycles. The van der Waals surface area contributed by atoms with Crippen LogP contribution in [0.2, 0.25) is 0 Å². The zero-order valence-corrected chi connectivity index (χ0v) is 22.5. The Kier molecular flexibility index (Phi) is 7.04. The average molecular weight is 622 g/mol. The molecule has 0 spiro atoms. The number of nitrogens with zero attached hydrogens (tertiary/aromatic N) is 4. The normalized spacial score (nSPS) is 11.8. The van der Waals surface area contributed by atoms with Crippen LogP contribution in [0.1, 0.15) is 52.9 Å². The predicted octanol–water partition coefficient (Wildman–Crippen LogP) is 6.26. The largest absolute Gasteiger partial charge is 2.00 e. The summed E-state index contributed by atoms with van der Waals surface area (Å²) in [7, 11) is 1.96. The van der Waals surface area contributed by atoms with Crippen LogP contribution < -0.4 is 4.74 Å². The van der Waals surface area contributed by atoms with Crippen molar-refractivity contribution in [3.05, 3.63) is 78.4 Å². The standard InChI is InChI=1S/C27H30N4O.Pt/c1-26(2,3)23-18-24(27(4,5)6)31(29-23)20-11-9-13-22(17-20)32-21-12-8-10-19(16-21)25-28-14-15-30(25)7;/h8-15,18H,1-7H3;/q-2;+2. The summed E-state index contributed by atoms with van der Waals surface area (Å²) in [5.74, 6) is 2.07. The molecule has 0 saturated carbocycles. The van der Waals surface area contributed by atoms with Gasteiger partial charge in [0.05, 0.1) is 11.5 Å². The maximum atomic E-state index is 6.13. The van der Waals surface area contributed by atoms with Gasteiger partial charge in [0.15, 0.2) is 0 Å². The van der Waals surface area contributed by atoms with E-state index in [4.69, 9.17) is 9.84 Å². The van der Waals surface area contributed by atoms with Gasteiger partial charge in [-0.1, -0.05) is 47.6 Å². The van der Waals surface area contributed by atoms with E-state index < -0.39 is 0 Å². The van der Waals surface area contributed by atoms with Gasteiger partial charge >= 0.3 is 21.1 Å². The first-order valence-electron chi connectivity index (χ1n) is 10.8. The Morgan fingerprint density at radius 2 is 1.55 bits per heavy atom. The Hall–Kier alpha value is -2.65. The van der Waals surface area contributed by atoms with Gasteiger partial charge < -0.3 is 9.30 Å². The summed E-state index contributed by atoms with van der Waals surface area (Å²) in [5, 5.41) is 4.93. The molecule has 2 aromatic heterocycles. The minimum absolute atomic E-state index is 0. The van der Waals surface area contributed by atoms with E-state index in [1.54, 1.807) is 6.20 Å². The minimum Gasteiger partial charge on any atom is -0.503 e. The maximum Gasteiger partial charge on any atom is 2.00 e. The van der Waals surface area contributed by atoms with E-state index in [0.717, 1.165) is 28.5 Å². The van der Waals surface area contributed by atoms with E-state index >= 15 is 0 Å². The van der Waals surface area contributed by atoms with Crippen LogP contribution >= 0.6 is 0 Å². The molecule has 0 fully saturated rings. The molecule has 0 aliphatic rings. The third-order valence-electron chi connectivity index (χ3n) is 5.28. The zero-order chi connectivity index (χ0) is 23.1. The van der Waals surface area contributed by atoms with Crippen LogP contribution in [0.3, 0.4) is 0 Å². The van der Waals surface area contributed by atoms with Crippen molar-refractivity contribution in [1.29, 1.82) is 0 Å². The minimum atomic E-state index is -0.0641. The third-order valence-corrected chi connectivity index (χ3v) is 5.28. The number of ether oxygens (including phenoxy) is 1. The summed E-state index contributed by atoms with van der Waals surface area (Å²) in [4.78, 5) is 4.40. The number of hydrogen-bond acceptors (Lipinski definition) is 3. The molecule has 0 N–H and O–H groups in total. The zero-order valence-electron chi connectivity index (χ0n) is 20.2. The Labute approximate surface area is 211 Å². The van der Waals surface area contributed by atoms with E-state index in [1.165, 1.54) is 0 Å². The molecule has 2 heterocycles. The molecule has 174 valence electrons. The van der Waals surface area contributed by atoms with E-state index in [2.05, 4.69) is 64.7 Å². The number of aromatic nitrogens is 4. The van der Waals surface area contributed by atoms with E-state index in [9.17, 15) is 0 Å². The summed E-state index contributed by atoms with van der Waals surface area (Å²) in [5.41, 5.74) is 3.81. The summed E-state index contributed by atoms with van der Waals surface area (Å²) in [6.07, 6.45) is 3.69. The summed E-state index contributed by atoms with van der Waals surface area (Å²) in [6.45, 7) is 13.1. The van der Waals surface area contributed by atoms with E-state index in [-0.39, 0.29) is 31.9 Å². The van der Waals surface area contributed by atoms with E-state index in [0.29, 0.717) is 11.5 Å². The quantitative estimate of drug-likeness (QED) is 0.253. The molecule has 0 atom stereocenters. The Bertz CT molecular complexity index is 1240. The summed E-state index contributed by atoms with van der Waals surface area (Å²) in [6, 6.07) is 20.6. The fraction of sp³-hybridized carbons (Fsp3) is 0.333. The van der Waals surface area contributed by atoms with Gasteiger partial charge in [0, 0.05) is 47.5 Å². The van der Waals surface area contributed by atoms with Crippen LogP contribution in [0.4, 0.5) is 0 Å². The first kappa shape index (κ1) is 25.0. The van der Waals surface area contributed by atoms with Crippen LogP contribution in [-0.4, -0.2) is 19.3 Å². The molecule has 0 aliphatic heterocycles. The number of hydrogen-bond donors (Lipinski definition) is 0. The van der Waals surface area contributed by atoms with Crippen molar-refractivity contribution >= 4 is 0 Å². The Morgan fingerprint density at radius 3 is 2.15 bits per heavy atom. The summed E-state index contributed by atoms with van der Waals surface area (Å²) < 4.78 is 10.1. The van der Waals surface area contributed by atoms with Crippen LogP contribution in [0.5, 0.6) is 11.5 Å². The van der Waals surface area contributed by atoms with Crippen molar-refractivity contribution in [3.8, 4) is 28.6 Å². The second kappa shape index (κ2) is 9.30. The number of imidazole rings is 1. The summed E-state index contributed by atoms with van der Waals surface area (Å²) >= 11 is 0. The van der Waals surface area contributed by atoms with Crippen molar-refractivity contribution in [2.45, 2.75) is 52.4 Å². The number of benzene rings is 2. The molecule has 2 aromatic carbocycles. The van der Waals surface area contributed by atoms with Crippen molar-refractivity contribution in [2.24, 2.45) is 7.05 Å². The van der Waals surface area contributed by atoms with Gasteiger partial charge in [-0.2, -0.15) is 11.2 Å². The van der Waals surface area contributed by atoms with Gasteiger partial charge in [0.1, 0.15) is 0 Å². The molecule has 6 heteroatoms. The molecule has 0 radical (unpaired) electrons. The maximum absolute atomic E-state index is 6.13. The molecular formula is C27H30N4OPt. The van der Waals surface area contributed by atoms with Crippen LogP contribution in [0.15, 0.2) is 54.9 Å². The van der Waals surface area contributed by atoms with Crippen LogP contribution in [-0.2, 0) is 38.9 Å². The van der Waals surface area contributed by atoms with Gasteiger partial charge in [-0.25, -0.2) is 0 Å². The van der Waals surface area contributed by atoms with Crippen molar-refractivity contribution in [1.82, 2.24) is 19.3 Å². The third kappa shape index (κ3) is 5.47. The van der Waals surface area contributed by atoms with Crippen LogP contribution in [0.25, 0.3) is 17.1 Å². The SMILES string of the molecule is Cn1ccnc1-c1[c-]c(Oc2[c-]c(-n3nc(C(C)(C)C)cc3C(C)(C)C)ccc2)ccc1.[Pt+2]. The Balaban J connectivity index is 0.00000306. The second-order valence-electron chi connectivity index (χ2n) is 10.1. The Morgan fingerprint density at radius 1 is 0.879 bits per heavy atom. The van der Waals surface area contributed by atoms with Gasteiger partial charge in [-0.3, -0.25) is 9.67 Å².